The van der Waals surface area contributed by atoms with Gasteiger partial charge >= 0.3 is 5.97 Å². The van der Waals surface area contributed by atoms with E-state index in [1.165, 1.54) is 19.8 Å². The predicted octanol–water partition coefficient (Wildman–Crippen LogP) is 3.07. The van der Waals surface area contributed by atoms with Crippen LogP contribution >= 0.6 is 0 Å². The molecule has 0 saturated heterocycles. The molecule has 1 atom stereocenters. The van der Waals surface area contributed by atoms with Crippen molar-refractivity contribution in [2.24, 2.45) is 5.41 Å². The third-order valence-electron chi connectivity index (χ3n) is 3.51. The normalized spacial score (nSPS) is 30.3. The summed E-state index contributed by atoms with van der Waals surface area (Å²) < 4.78 is 5.46. The van der Waals surface area contributed by atoms with Gasteiger partial charge < -0.3 is 10.9 Å². The monoisotopic (exact) mass is 201 g/mol. The van der Waals surface area contributed by atoms with Crippen molar-refractivity contribution >= 4 is 5.97 Å². The average molecular weight is 201 g/mol. The Morgan fingerprint density at radius 2 is 1.64 bits per heavy atom. The standard InChI is InChI=1S/C11H20O2.H3N/c1-9(12)13-11(4)8-6-5-7-10(11,2)3;/h5-8H2,1-4H3;1H3. The van der Waals surface area contributed by atoms with Gasteiger partial charge in [0, 0.05) is 12.3 Å². The lowest BCUT2D eigenvalue weighted by atomic mass is 9.66. The fourth-order valence-electron chi connectivity index (χ4n) is 2.14. The van der Waals surface area contributed by atoms with Gasteiger partial charge in [0.2, 0.25) is 0 Å². The minimum absolute atomic E-state index is 0. The first-order valence-corrected chi connectivity index (χ1v) is 5.07. The van der Waals surface area contributed by atoms with Gasteiger partial charge in [0.15, 0.2) is 0 Å². The van der Waals surface area contributed by atoms with E-state index in [0.717, 1.165) is 12.8 Å². The lowest BCUT2D eigenvalue weighted by Crippen LogP contribution is -2.47. The Morgan fingerprint density at radius 1 is 1.14 bits per heavy atom. The van der Waals surface area contributed by atoms with E-state index in [9.17, 15) is 4.79 Å². The largest absolute Gasteiger partial charge is 0.459 e. The van der Waals surface area contributed by atoms with E-state index in [1.54, 1.807) is 0 Å². The van der Waals surface area contributed by atoms with Crippen LogP contribution in [0, 0.1) is 5.41 Å². The molecule has 3 N–H and O–H groups in total. The minimum Gasteiger partial charge on any atom is -0.459 e. The summed E-state index contributed by atoms with van der Waals surface area (Å²) in [7, 11) is 0. The Labute approximate surface area is 86.8 Å². The van der Waals surface area contributed by atoms with Crippen molar-refractivity contribution in [3.8, 4) is 0 Å². The van der Waals surface area contributed by atoms with Crippen molar-refractivity contribution in [3.63, 3.8) is 0 Å². The van der Waals surface area contributed by atoms with E-state index in [4.69, 9.17) is 4.74 Å². The van der Waals surface area contributed by atoms with E-state index >= 15 is 0 Å². The topological polar surface area (TPSA) is 61.3 Å². The molecule has 1 aliphatic carbocycles. The van der Waals surface area contributed by atoms with Gasteiger partial charge in [-0.1, -0.05) is 20.3 Å². The fourth-order valence-corrected chi connectivity index (χ4v) is 2.14. The number of hydrogen-bond donors (Lipinski definition) is 1. The molecule has 84 valence electrons. The van der Waals surface area contributed by atoms with Crippen LogP contribution in [-0.2, 0) is 9.53 Å². The van der Waals surface area contributed by atoms with Crippen LogP contribution in [0.5, 0.6) is 0 Å². The quantitative estimate of drug-likeness (QED) is 0.663. The first kappa shape index (κ1) is 13.4. The zero-order valence-corrected chi connectivity index (χ0v) is 9.85. The molecule has 0 spiro atoms. The van der Waals surface area contributed by atoms with Crippen LogP contribution in [0.4, 0.5) is 0 Å². The SMILES string of the molecule is CC(=O)OC1(C)CCCCC1(C)C.N. The Hall–Kier alpha value is -0.570. The fraction of sp³-hybridized carbons (Fsp3) is 0.909. The Morgan fingerprint density at radius 3 is 2.07 bits per heavy atom. The Bertz CT molecular complexity index is 213. The Balaban J connectivity index is 0.00000169. The molecule has 1 unspecified atom stereocenters. The summed E-state index contributed by atoms with van der Waals surface area (Å²) in [6, 6.07) is 0. The summed E-state index contributed by atoms with van der Waals surface area (Å²) >= 11 is 0. The number of carbonyl (C=O) groups is 1. The summed E-state index contributed by atoms with van der Waals surface area (Å²) in [6.45, 7) is 7.94. The van der Waals surface area contributed by atoms with E-state index in [1.807, 2.05) is 0 Å². The second-order valence-corrected chi connectivity index (χ2v) is 4.92. The third kappa shape index (κ3) is 2.47. The molecular weight excluding hydrogens is 178 g/mol. The maximum absolute atomic E-state index is 11.0. The summed E-state index contributed by atoms with van der Waals surface area (Å²) in [5.41, 5.74) is -0.131. The lowest BCUT2D eigenvalue weighted by molar-refractivity contribution is -0.175. The van der Waals surface area contributed by atoms with E-state index in [-0.39, 0.29) is 23.1 Å². The predicted molar refractivity (Wildman–Crippen MR) is 57.4 cm³/mol. The molecule has 1 saturated carbocycles. The molecule has 3 nitrogen and oxygen atoms in total. The number of ether oxygens (including phenoxy) is 1. The Kier molecular flexibility index (Phi) is 4.13. The molecule has 0 bridgehead atoms. The van der Waals surface area contributed by atoms with Gasteiger partial charge in [-0.3, -0.25) is 4.79 Å². The van der Waals surface area contributed by atoms with Gasteiger partial charge in [0.05, 0.1) is 0 Å². The van der Waals surface area contributed by atoms with Crippen LogP contribution in [0.2, 0.25) is 0 Å². The lowest BCUT2D eigenvalue weighted by Gasteiger charge is -2.46. The molecule has 3 heteroatoms. The zero-order chi connectivity index (χ0) is 10.1. The van der Waals surface area contributed by atoms with Gasteiger partial charge in [0.25, 0.3) is 0 Å². The minimum atomic E-state index is -0.253. The van der Waals surface area contributed by atoms with Crippen molar-refractivity contribution < 1.29 is 9.53 Å². The van der Waals surface area contributed by atoms with E-state index in [2.05, 4.69) is 20.8 Å². The van der Waals surface area contributed by atoms with E-state index in [0.29, 0.717) is 0 Å². The maximum atomic E-state index is 11.0. The summed E-state index contributed by atoms with van der Waals surface area (Å²) in [5, 5.41) is 0. The van der Waals surface area contributed by atoms with Crippen LogP contribution in [-0.4, -0.2) is 11.6 Å². The first-order valence-electron chi connectivity index (χ1n) is 5.07. The molecule has 0 heterocycles. The number of rotatable bonds is 1. The average Bonchev–Trinajstić information content (AvgIpc) is 1.94. The first-order chi connectivity index (χ1) is 5.87. The van der Waals surface area contributed by atoms with Gasteiger partial charge in [-0.15, -0.1) is 0 Å². The molecule has 1 fully saturated rings. The van der Waals surface area contributed by atoms with Crippen LogP contribution < -0.4 is 6.15 Å². The second kappa shape index (κ2) is 4.30. The maximum Gasteiger partial charge on any atom is 0.303 e. The van der Waals surface area contributed by atoms with Crippen molar-refractivity contribution in [1.82, 2.24) is 6.15 Å². The molecule has 14 heavy (non-hydrogen) atoms. The number of hydrogen-bond acceptors (Lipinski definition) is 3. The molecule has 0 aromatic rings. The smallest absolute Gasteiger partial charge is 0.303 e. The van der Waals surface area contributed by atoms with Crippen LogP contribution in [0.1, 0.15) is 53.4 Å². The zero-order valence-electron chi connectivity index (χ0n) is 9.85. The molecule has 0 aromatic carbocycles. The van der Waals surface area contributed by atoms with Gasteiger partial charge in [-0.25, -0.2) is 0 Å². The summed E-state index contributed by atoms with van der Waals surface area (Å²) in [6.07, 6.45) is 4.58. The molecular formula is C11H23NO2. The highest BCUT2D eigenvalue weighted by atomic mass is 16.6. The molecule has 0 aromatic heterocycles. The highest BCUT2D eigenvalue weighted by Crippen LogP contribution is 2.45. The van der Waals surface area contributed by atoms with Crippen LogP contribution in [0.15, 0.2) is 0 Å². The van der Waals surface area contributed by atoms with Gasteiger partial charge in [0.1, 0.15) is 5.60 Å². The van der Waals surface area contributed by atoms with Crippen molar-refractivity contribution in [2.75, 3.05) is 0 Å². The van der Waals surface area contributed by atoms with Gasteiger partial charge in [-0.2, -0.15) is 0 Å². The second-order valence-electron chi connectivity index (χ2n) is 4.92. The van der Waals surface area contributed by atoms with Crippen LogP contribution in [0.3, 0.4) is 0 Å². The number of esters is 1. The molecule has 0 aliphatic heterocycles. The molecule has 1 aliphatic rings. The molecule has 0 radical (unpaired) electrons. The molecule has 1 rings (SSSR count). The highest BCUT2D eigenvalue weighted by molar-refractivity contribution is 5.66. The molecule has 0 amide bonds. The van der Waals surface area contributed by atoms with E-state index < -0.39 is 0 Å². The highest BCUT2D eigenvalue weighted by Gasteiger charge is 2.45. The summed E-state index contributed by atoms with van der Waals surface area (Å²) in [5.74, 6) is -0.155. The van der Waals surface area contributed by atoms with Crippen molar-refractivity contribution in [1.29, 1.82) is 0 Å². The van der Waals surface area contributed by atoms with Crippen LogP contribution in [0.25, 0.3) is 0 Å². The van der Waals surface area contributed by atoms with Crippen molar-refractivity contribution in [3.05, 3.63) is 0 Å². The van der Waals surface area contributed by atoms with Gasteiger partial charge in [-0.05, 0) is 26.2 Å². The van der Waals surface area contributed by atoms with Crippen molar-refractivity contribution in [2.45, 2.75) is 59.0 Å². The summed E-state index contributed by atoms with van der Waals surface area (Å²) in [4.78, 5) is 11.0. The number of carbonyl (C=O) groups excluding carboxylic acids is 1. The third-order valence-corrected chi connectivity index (χ3v) is 3.51.